The molecule has 6 heteroatoms. The molecule has 0 saturated heterocycles. The van der Waals surface area contributed by atoms with E-state index in [4.69, 9.17) is 4.74 Å². The molecule has 106 valence electrons. The van der Waals surface area contributed by atoms with Gasteiger partial charge in [-0.3, -0.25) is 4.79 Å². The van der Waals surface area contributed by atoms with Gasteiger partial charge in [-0.25, -0.2) is 9.69 Å². The third-order valence-corrected chi connectivity index (χ3v) is 3.15. The van der Waals surface area contributed by atoms with Gasteiger partial charge in [0.05, 0.1) is 29.7 Å². The van der Waals surface area contributed by atoms with Crippen molar-refractivity contribution in [2.75, 3.05) is 14.2 Å². The van der Waals surface area contributed by atoms with Crippen LogP contribution in [0.5, 0.6) is 5.88 Å². The van der Waals surface area contributed by atoms with Crippen LogP contribution in [-0.4, -0.2) is 40.6 Å². The highest BCUT2D eigenvalue weighted by Gasteiger charge is 2.23. The lowest BCUT2D eigenvalue weighted by Crippen LogP contribution is -2.16. The molecule has 2 heterocycles. The monoisotopic (exact) mass is 274 g/mol. The second-order valence-corrected chi connectivity index (χ2v) is 4.59. The average Bonchev–Trinajstić information content (AvgIpc) is 2.79. The molecule has 0 fully saturated rings. The molecule has 0 atom stereocenters. The van der Waals surface area contributed by atoms with Gasteiger partial charge in [0.1, 0.15) is 0 Å². The quantitative estimate of drug-likeness (QED) is 0.785. The molecule has 2 rings (SSSR count). The zero-order chi connectivity index (χ0) is 14.9. The summed E-state index contributed by atoms with van der Waals surface area (Å²) in [5, 5.41) is 9.72. The third kappa shape index (κ3) is 2.36. The fraction of sp³-hybridized carbons (Fsp3) is 0.357. The van der Waals surface area contributed by atoms with Crippen LogP contribution in [0.4, 0.5) is 0 Å². The first-order valence-electron chi connectivity index (χ1n) is 6.25. The molecule has 1 aliphatic rings. The maximum atomic E-state index is 11.8. The van der Waals surface area contributed by atoms with Crippen LogP contribution in [0.2, 0.25) is 0 Å². The minimum atomic E-state index is -0.0953. The first-order valence-corrected chi connectivity index (χ1v) is 6.25. The third-order valence-electron chi connectivity index (χ3n) is 3.15. The number of nitrogens with zero attached hydrogens (tertiary/aromatic N) is 4. The van der Waals surface area contributed by atoms with Gasteiger partial charge in [0.15, 0.2) is 0 Å². The Morgan fingerprint density at radius 2 is 1.95 bits per heavy atom. The van der Waals surface area contributed by atoms with Gasteiger partial charge < -0.3 is 4.74 Å². The molecule has 0 saturated carbocycles. The summed E-state index contributed by atoms with van der Waals surface area (Å²) in [4.78, 5) is 11.8. The summed E-state index contributed by atoms with van der Waals surface area (Å²) < 4.78 is 6.99. The minimum absolute atomic E-state index is 0.0953. The molecule has 6 nitrogen and oxygen atoms in total. The Labute approximate surface area is 118 Å². The number of carbonyl (C=O) groups excluding carboxylic acids is 1. The van der Waals surface area contributed by atoms with Crippen molar-refractivity contribution in [3.05, 3.63) is 29.0 Å². The zero-order valence-electron chi connectivity index (χ0n) is 12.3. The lowest BCUT2D eigenvalue weighted by atomic mass is 10.1. The first kappa shape index (κ1) is 14.0. The van der Waals surface area contributed by atoms with Gasteiger partial charge in [-0.05, 0) is 26.0 Å². The van der Waals surface area contributed by atoms with E-state index < -0.39 is 0 Å². The Morgan fingerprint density at radius 1 is 1.25 bits per heavy atom. The zero-order valence-corrected chi connectivity index (χ0v) is 12.3. The average molecular weight is 274 g/mol. The Balaban J connectivity index is 2.28. The molecular formula is C14H18N4O2. The number of rotatable bonds is 3. The lowest BCUT2D eigenvalue weighted by molar-refractivity contribution is -0.124. The van der Waals surface area contributed by atoms with Gasteiger partial charge in [0.25, 0.3) is 5.91 Å². The maximum Gasteiger partial charge on any atom is 0.275 e. The predicted octanol–water partition coefficient (Wildman–Crippen LogP) is 1.52. The number of aromatic nitrogens is 2. The van der Waals surface area contributed by atoms with E-state index in [0.717, 1.165) is 17.0 Å². The summed E-state index contributed by atoms with van der Waals surface area (Å²) in [6.45, 7) is 3.73. The van der Waals surface area contributed by atoms with E-state index in [1.807, 2.05) is 33.0 Å². The molecule has 0 aromatic carbocycles. The number of allylic oxidation sites excluding steroid dienone is 2. The number of hydrogen-bond acceptors (Lipinski definition) is 4. The van der Waals surface area contributed by atoms with Crippen molar-refractivity contribution in [2.45, 2.75) is 13.8 Å². The smallest absolute Gasteiger partial charge is 0.275 e. The first-order chi connectivity index (χ1) is 9.45. The maximum absolute atomic E-state index is 11.8. The van der Waals surface area contributed by atoms with Crippen LogP contribution in [0.15, 0.2) is 22.8 Å². The predicted molar refractivity (Wildman–Crippen MR) is 77.5 cm³/mol. The summed E-state index contributed by atoms with van der Waals surface area (Å²) in [6.07, 6.45) is 5.46. The van der Waals surface area contributed by atoms with Gasteiger partial charge in [0, 0.05) is 14.1 Å². The van der Waals surface area contributed by atoms with E-state index >= 15 is 0 Å². The molecule has 1 aromatic rings. The molecule has 0 bridgehead atoms. The highest BCUT2D eigenvalue weighted by molar-refractivity contribution is 6.23. The fourth-order valence-electron chi connectivity index (χ4n) is 2.17. The largest absolute Gasteiger partial charge is 0.481 e. The Kier molecular flexibility index (Phi) is 3.74. The highest BCUT2D eigenvalue weighted by Crippen LogP contribution is 2.22. The van der Waals surface area contributed by atoms with Crippen LogP contribution in [0.25, 0.3) is 6.08 Å². The van der Waals surface area contributed by atoms with Crippen molar-refractivity contribution < 1.29 is 9.53 Å². The van der Waals surface area contributed by atoms with Crippen molar-refractivity contribution in [1.82, 2.24) is 14.8 Å². The summed E-state index contributed by atoms with van der Waals surface area (Å²) in [5.74, 6) is 0.597. The van der Waals surface area contributed by atoms with Crippen LogP contribution in [-0.2, 0) is 11.8 Å². The van der Waals surface area contributed by atoms with E-state index in [1.165, 1.54) is 5.01 Å². The number of hydrogen-bond donors (Lipinski definition) is 0. The highest BCUT2D eigenvalue weighted by atomic mass is 16.5. The van der Waals surface area contributed by atoms with Gasteiger partial charge in [-0.2, -0.15) is 10.2 Å². The summed E-state index contributed by atoms with van der Waals surface area (Å²) in [5.41, 5.74) is 3.10. The van der Waals surface area contributed by atoms with Gasteiger partial charge in [-0.15, -0.1) is 0 Å². The molecule has 0 N–H and O–H groups in total. The summed E-state index contributed by atoms with van der Waals surface area (Å²) in [7, 11) is 5.08. The number of amides is 1. The van der Waals surface area contributed by atoms with E-state index in [2.05, 4.69) is 10.2 Å². The van der Waals surface area contributed by atoms with Crippen LogP contribution >= 0.6 is 0 Å². The molecule has 0 radical (unpaired) electrons. The lowest BCUT2D eigenvalue weighted by Gasteiger charge is -2.01. The van der Waals surface area contributed by atoms with Gasteiger partial charge in [-0.1, -0.05) is 6.08 Å². The number of methoxy groups -OCH3 is 1. The van der Waals surface area contributed by atoms with E-state index in [0.29, 0.717) is 11.5 Å². The summed E-state index contributed by atoms with van der Waals surface area (Å²) >= 11 is 0. The van der Waals surface area contributed by atoms with Crippen molar-refractivity contribution in [3.63, 3.8) is 0 Å². The van der Waals surface area contributed by atoms with Gasteiger partial charge in [0.2, 0.25) is 5.88 Å². The van der Waals surface area contributed by atoms with Crippen molar-refractivity contribution >= 4 is 17.7 Å². The van der Waals surface area contributed by atoms with Crippen molar-refractivity contribution in [1.29, 1.82) is 0 Å². The molecule has 0 unspecified atom stereocenters. The molecule has 0 spiro atoms. The number of likely N-dealkylation sites (N-methyl/N-ethyl adjacent to an activating group) is 1. The fourth-order valence-corrected chi connectivity index (χ4v) is 2.17. The molecule has 0 aliphatic carbocycles. The topological polar surface area (TPSA) is 59.7 Å². The van der Waals surface area contributed by atoms with E-state index in [-0.39, 0.29) is 5.91 Å². The van der Waals surface area contributed by atoms with E-state index in [1.54, 1.807) is 24.9 Å². The van der Waals surface area contributed by atoms with Crippen LogP contribution < -0.4 is 4.74 Å². The van der Waals surface area contributed by atoms with Crippen LogP contribution in [0.3, 0.4) is 0 Å². The Bertz CT molecular complexity index is 638. The second kappa shape index (κ2) is 5.32. The van der Waals surface area contributed by atoms with E-state index in [9.17, 15) is 4.79 Å². The number of hydrazone groups is 1. The Morgan fingerprint density at radius 3 is 2.50 bits per heavy atom. The number of ether oxygens (including phenoxy) is 1. The molecule has 1 aromatic heterocycles. The molecule has 20 heavy (non-hydrogen) atoms. The van der Waals surface area contributed by atoms with Crippen LogP contribution in [0, 0.1) is 6.92 Å². The summed E-state index contributed by atoms with van der Waals surface area (Å²) in [6, 6.07) is 0. The van der Waals surface area contributed by atoms with Crippen molar-refractivity contribution in [2.24, 2.45) is 12.1 Å². The SMILES string of the molecule is COc1c(/C=C/C=C2C(=O)N(C)N=C2C)c(C)nn1C. The Hall–Kier alpha value is -2.37. The normalized spacial score (nSPS) is 17.4. The van der Waals surface area contributed by atoms with Crippen molar-refractivity contribution in [3.8, 4) is 5.88 Å². The standard InChI is InChI=1S/C14H18N4O2/c1-9-11(13(19)17(3)15-9)7-6-8-12-10(2)16-18(4)14(12)20-5/h6-8H,1-5H3/b8-6+,11-7?. The number of carbonyl (C=O) groups is 1. The van der Waals surface area contributed by atoms with Gasteiger partial charge >= 0.3 is 0 Å². The van der Waals surface area contributed by atoms with Crippen LogP contribution in [0.1, 0.15) is 18.2 Å². The second-order valence-electron chi connectivity index (χ2n) is 4.59. The number of aryl methyl sites for hydroxylation is 2. The minimum Gasteiger partial charge on any atom is -0.481 e. The molecular weight excluding hydrogens is 256 g/mol. The molecule has 1 aliphatic heterocycles. The molecule has 1 amide bonds.